The molecule has 5 nitrogen and oxygen atoms in total. The summed E-state index contributed by atoms with van der Waals surface area (Å²) in [4.78, 5) is 11.8. The lowest BCUT2D eigenvalue weighted by Crippen LogP contribution is -2.14. The summed E-state index contributed by atoms with van der Waals surface area (Å²) in [5.41, 5.74) is 0. The molecule has 5 heteroatoms. The summed E-state index contributed by atoms with van der Waals surface area (Å²) in [6.45, 7) is 11.1. The van der Waals surface area contributed by atoms with E-state index in [4.69, 9.17) is 18.9 Å². The van der Waals surface area contributed by atoms with Crippen LogP contribution < -0.4 is 0 Å². The van der Waals surface area contributed by atoms with Crippen molar-refractivity contribution in [2.24, 2.45) is 5.92 Å². The third-order valence-electron chi connectivity index (χ3n) is 6.07. The fourth-order valence-corrected chi connectivity index (χ4v) is 3.75. The topological polar surface area (TPSA) is 54.0 Å². The van der Waals surface area contributed by atoms with Gasteiger partial charge in [-0.1, -0.05) is 97.8 Å². The van der Waals surface area contributed by atoms with Gasteiger partial charge in [-0.05, 0) is 25.2 Å². The zero-order valence-electron chi connectivity index (χ0n) is 22.4. The van der Waals surface area contributed by atoms with Gasteiger partial charge in [0.1, 0.15) is 0 Å². The van der Waals surface area contributed by atoms with E-state index in [0.29, 0.717) is 58.4 Å². The predicted molar refractivity (Wildman–Crippen MR) is 138 cm³/mol. The van der Waals surface area contributed by atoms with Gasteiger partial charge in [-0.2, -0.15) is 0 Å². The van der Waals surface area contributed by atoms with Gasteiger partial charge in [0.15, 0.2) is 0 Å². The van der Waals surface area contributed by atoms with Crippen molar-refractivity contribution in [3.8, 4) is 0 Å². The highest BCUT2D eigenvalue weighted by Crippen LogP contribution is 2.13. The lowest BCUT2D eigenvalue weighted by atomic mass is 10.0. The highest BCUT2D eigenvalue weighted by atomic mass is 16.5. The van der Waals surface area contributed by atoms with Gasteiger partial charge in [0, 0.05) is 19.6 Å². The van der Waals surface area contributed by atoms with Crippen molar-refractivity contribution in [1.82, 2.24) is 0 Å². The van der Waals surface area contributed by atoms with Gasteiger partial charge in [0.25, 0.3) is 0 Å². The van der Waals surface area contributed by atoms with Crippen molar-refractivity contribution in [2.45, 2.75) is 124 Å². The largest absolute Gasteiger partial charge is 0.466 e. The first kappa shape index (κ1) is 32.4. The predicted octanol–water partition coefficient (Wildman–Crippen LogP) is 7.50. The third kappa shape index (κ3) is 25.8. The standard InChI is InChI=1S/C28H56O5/c1-4-7-9-10-11-12-13-14-15-16-21-33-28(29)19-17-20-30-22-23-31-24-25-32-26-27(6-3)18-8-5-2/h27H,4-26H2,1-3H3. The van der Waals surface area contributed by atoms with E-state index in [1.165, 1.54) is 77.0 Å². The minimum atomic E-state index is -0.104. The lowest BCUT2D eigenvalue weighted by molar-refractivity contribution is -0.144. The van der Waals surface area contributed by atoms with Gasteiger partial charge in [-0.3, -0.25) is 4.79 Å². The van der Waals surface area contributed by atoms with Crippen molar-refractivity contribution in [3.63, 3.8) is 0 Å². The van der Waals surface area contributed by atoms with Crippen LogP contribution in [0.4, 0.5) is 0 Å². The maximum Gasteiger partial charge on any atom is 0.305 e. The van der Waals surface area contributed by atoms with Crippen LogP contribution in [0, 0.1) is 5.92 Å². The van der Waals surface area contributed by atoms with Crippen molar-refractivity contribution in [3.05, 3.63) is 0 Å². The Bertz CT molecular complexity index is 388. The molecule has 0 saturated heterocycles. The molecule has 0 N–H and O–H groups in total. The van der Waals surface area contributed by atoms with E-state index in [0.717, 1.165) is 19.4 Å². The number of carbonyl (C=O) groups is 1. The fourth-order valence-electron chi connectivity index (χ4n) is 3.75. The van der Waals surface area contributed by atoms with E-state index < -0.39 is 0 Å². The van der Waals surface area contributed by atoms with Gasteiger partial charge in [0.05, 0.1) is 33.0 Å². The molecule has 0 fully saturated rings. The summed E-state index contributed by atoms with van der Waals surface area (Å²) in [5.74, 6) is 0.571. The first-order valence-corrected chi connectivity index (χ1v) is 14.1. The second-order valence-corrected chi connectivity index (χ2v) is 9.22. The molecule has 0 bridgehead atoms. The summed E-state index contributed by atoms with van der Waals surface area (Å²) in [7, 11) is 0. The third-order valence-corrected chi connectivity index (χ3v) is 6.07. The molecule has 0 aromatic carbocycles. The maximum absolute atomic E-state index is 11.8. The summed E-state index contributed by atoms with van der Waals surface area (Å²) in [5, 5.41) is 0. The minimum absolute atomic E-state index is 0.104. The molecule has 1 unspecified atom stereocenters. The smallest absolute Gasteiger partial charge is 0.305 e. The van der Waals surface area contributed by atoms with E-state index in [9.17, 15) is 4.79 Å². The molecule has 33 heavy (non-hydrogen) atoms. The molecule has 198 valence electrons. The Morgan fingerprint density at radius 2 is 1.12 bits per heavy atom. The van der Waals surface area contributed by atoms with E-state index in [1.54, 1.807) is 0 Å². The number of hydrogen-bond donors (Lipinski definition) is 0. The van der Waals surface area contributed by atoms with Gasteiger partial charge in [-0.15, -0.1) is 0 Å². The number of hydrogen-bond acceptors (Lipinski definition) is 5. The monoisotopic (exact) mass is 472 g/mol. The lowest BCUT2D eigenvalue weighted by Gasteiger charge is -2.14. The summed E-state index contributed by atoms with van der Waals surface area (Å²) < 4.78 is 22.1. The molecule has 0 amide bonds. The SMILES string of the molecule is CCCCCCCCCCCCOC(=O)CCCOCCOCCOCC(CC)CCCC. The highest BCUT2D eigenvalue weighted by Gasteiger charge is 2.06. The summed E-state index contributed by atoms with van der Waals surface area (Å²) >= 11 is 0. The van der Waals surface area contributed by atoms with Crippen LogP contribution in [0.5, 0.6) is 0 Å². The Balaban J connectivity index is 3.24. The molecular weight excluding hydrogens is 416 g/mol. The molecule has 0 aliphatic carbocycles. The van der Waals surface area contributed by atoms with Gasteiger partial charge >= 0.3 is 5.97 Å². The van der Waals surface area contributed by atoms with Crippen LogP contribution >= 0.6 is 0 Å². The molecule has 0 heterocycles. The molecule has 0 aliphatic rings. The van der Waals surface area contributed by atoms with Crippen LogP contribution in [0.1, 0.15) is 124 Å². The Morgan fingerprint density at radius 1 is 0.576 bits per heavy atom. The minimum Gasteiger partial charge on any atom is -0.466 e. The summed E-state index contributed by atoms with van der Waals surface area (Å²) in [6, 6.07) is 0. The number of esters is 1. The van der Waals surface area contributed by atoms with Crippen molar-refractivity contribution in [2.75, 3.05) is 46.2 Å². The van der Waals surface area contributed by atoms with E-state index in [1.807, 2.05) is 0 Å². The second-order valence-electron chi connectivity index (χ2n) is 9.22. The number of rotatable bonds is 27. The number of ether oxygens (including phenoxy) is 4. The second kappa shape index (κ2) is 27.6. The van der Waals surface area contributed by atoms with Crippen molar-refractivity contribution >= 4 is 5.97 Å². The first-order chi connectivity index (χ1) is 16.2. The average molecular weight is 473 g/mol. The molecular formula is C28H56O5. The zero-order chi connectivity index (χ0) is 24.2. The van der Waals surface area contributed by atoms with Gasteiger partial charge in [-0.25, -0.2) is 0 Å². The summed E-state index contributed by atoms with van der Waals surface area (Å²) in [6.07, 6.45) is 19.0. The fraction of sp³-hybridized carbons (Fsp3) is 0.964. The molecule has 0 aromatic heterocycles. The maximum atomic E-state index is 11.8. The number of unbranched alkanes of at least 4 members (excludes halogenated alkanes) is 10. The van der Waals surface area contributed by atoms with Crippen LogP contribution in [-0.2, 0) is 23.7 Å². The number of carbonyl (C=O) groups excluding carboxylic acids is 1. The van der Waals surface area contributed by atoms with Gasteiger partial charge in [0.2, 0.25) is 0 Å². The van der Waals surface area contributed by atoms with Crippen LogP contribution in [0.2, 0.25) is 0 Å². The molecule has 0 rings (SSSR count). The van der Waals surface area contributed by atoms with Gasteiger partial charge < -0.3 is 18.9 Å². The average Bonchev–Trinajstić information content (AvgIpc) is 2.82. The quantitative estimate of drug-likeness (QED) is 0.0915. The molecule has 0 radical (unpaired) electrons. The molecule has 0 saturated carbocycles. The van der Waals surface area contributed by atoms with Crippen LogP contribution in [-0.4, -0.2) is 52.2 Å². The van der Waals surface area contributed by atoms with Crippen molar-refractivity contribution in [1.29, 1.82) is 0 Å². The zero-order valence-corrected chi connectivity index (χ0v) is 22.4. The first-order valence-electron chi connectivity index (χ1n) is 14.1. The van der Waals surface area contributed by atoms with E-state index in [-0.39, 0.29) is 5.97 Å². The molecule has 0 aliphatic heterocycles. The normalized spacial score (nSPS) is 12.2. The Kier molecular flexibility index (Phi) is 27.0. The molecule has 0 aromatic rings. The Labute approximate surface area is 205 Å². The highest BCUT2D eigenvalue weighted by molar-refractivity contribution is 5.69. The Morgan fingerprint density at radius 3 is 1.73 bits per heavy atom. The van der Waals surface area contributed by atoms with E-state index in [2.05, 4.69) is 20.8 Å². The Hall–Kier alpha value is -0.650. The van der Waals surface area contributed by atoms with Crippen LogP contribution in [0.3, 0.4) is 0 Å². The van der Waals surface area contributed by atoms with Crippen molar-refractivity contribution < 1.29 is 23.7 Å². The van der Waals surface area contributed by atoms with E-state index >= 15 is 0 Å². The molecule has 0 spiro atoms. The molecule has 1 atom stereocenters. The van der Waals surface area contributed by atoms with Crippen LogP contribution in [0.15, 0.2) is 0 Å². The van der Waals surface area contributed by atoms with Crippen LogP contribution in [0.25, 0.3) is 0 Å².